The molecule has 19 heavy (non-hydrogen) atoms. The average Bonchev–Trinajstić information content (AvgIpc) is 2.85. The summed E-state index contributed by atoms with van der Waals surface area (Å²) < 4.78 is 17.0. The summed E-state index contributed by atoms with van der Waals surface area (Å²) in [6, 6.07) is 3.79. The van der Waals surface area contributed by atoms with Crippen LogP contribution in [0, 0.1) is 12.8 Å². The molecule has 1 aromatic rings. The Morgan fingerprint density at radius 2 is 2.05 bits per heavy atom. The Morgan fingerprint density at radius 3 is 2.74 bits per heavy atom. The first-order chi connectivity index (χ1) is 9.19. The molecule has 106 valence electrons. The molecule has 4 heteroatoms. The Morgan fingerprint density at radius 1 is 1.26 bits per heavy atom. The molecule has 1 aromatic heterocycles. The lowest BCUT2D eigenvalue weighted by molar-refractivity contribution is -0.160. The van der Waals surface area contributed by atoms with Crippen LogP contribution in [0.4, 0.5) is 0 Å². The number of rotatable bonds is 2. The van der Waals surface area contributed by atoms with Gasteiger partial charge in [-0.1, -0.05) is 0 Å². The molecule has 0 aliphatic carbocycles. The summed E-state index contributed by atoms with van der Waals surface area (Å²) in [6.45, 7) is 4.16. The summed E-state index contributed by atoms with van der Waals surface area (Å²) in [4.78, 5) is 0. The standard InChI is InChI=1S/C15H22O4/c1-11-2-3-13(19-11)14(16)12-4-7-18-15(10-12)5-8-17-9-6-15/h2-3,12,14,16H,4-10H2,1H3. The van der Waals surface area contributed by atoms with Crippen molar-refractivity contribution >= 4 is 0 Å². The third kappa shape index (κ3) is 2.71. The van der Waals surface area contributed by atoms with Crippen molar-refractivity contribution in [1.82, 2.24) is 0 Å². The fourth-order valence-electron chi connectivity index (χ4n) is 3.27. The van der Waals surface area contributed by atoms with Gasteiger partial charge in [-0.25, -0.2) is 0 Å². The van der Waals surface area contributed by atoms with Gasteiger partial charge in [0.1, 0.15) is 17.6 Å². The van der Waals surface area contributed by atoms with E-state index in [0.29, 0.717) is 5.76 Å². The largest absolute Gasteiger partial charge is 0.464 e. The summed E-state index contributed by atoms with van der Waals surface area (Å²) in [5.74, 6) is 1.76. The molecule has 0 amide bonds. The second kappa shape index (κ2) is 5.27. The van der Waals surface area contributed by atoms with E-state index in [1.54, 1.807) is 0 Å². The number of furan rings is 1. The van der Waals surface area contributed by atoms with E-state index in [4.69, 9.17) is 13.9 Å². The fraction of sp³-hybridized carbons (Fsp3) is 0.733. The Balaban J connectivity index is 1.70. The highest BCUT2D eigenvalue weighted by Crippen LogP contribution is 2.41. The highest BCUT2D eigenvalue weighted by Gasteiger charge is 2.41. The van der Waals surface area contributed by atoms with Crippen LogP contribution in [0.5, 0.6) is 0 Å². The van der Waals surface area contributed by atoms with Crippen LogP contribution in [-0.4, -0.2) is 30.5 Å². The Hall–Kier alpha value is -0.840. The number of hydrogen-bond donors (Lipinski definition) is 1. The number of hydrogen-bond acceptors (Lipinski definition) is 4. The molecule has 1 spiro atoms. The van der Waals surface area contributed by atoms with Gasteiger partial charge >= 0.3 is 0 Å². The highest BCUT2D eigenvalue weighted by atomic mass is 16.5. The highest BCUT2D eigenvalue weighted by molar-refractivity contribution is 5.09. The molecule has 2 saturated heterocycles. The number of aliphatic hydroxyl groups excluding tert-OH is 1. The van der Waals surface area contributed by atoms with Gasteiger partial charge in [0, 0.05) is 19.8 Å². The van der Waals surface area contributed by atoms with Crippen LogP contribution in [-0.2, 0) is 9.47 Å². The van der Waals surface area contributed by atoms with Crippen LogP contribution >= 0.6 is 0 Å². The zero-order valence-corrected chi connectivity index (χ0v) is 11.4. The Labute approximate surface area is 113 Å². The first-order valence-electron chi connectivity index (χ1n) is 7.15. The molecular formula is C15H22O4. The summed E-state index contributed by atoms with van der Waals surface area (Å²) in [5.41, 5.74) is -0.0796. The Kier molecular flexibility index (Phi) is 3.65. The van der Waals surface area contributed by atoms with E-state index in [1.165, 1.54) is 0 Å². The molecular weight excluding hydrogens is 244 g/mol. The SMILES string of the molecule is Cc1ccc(C(O)C2CCOC3(CCOCC3)C2)o1. The van der Waals surface area contributed by atoms with Crippen LogP contribution < -0.4 is 0 Å². The molecule has 3 rings (SSSR count). The number of ether oxygens (including phenoxy) is 2. The topological polar surface area (TPSA) is 51.8 Å². The van der Waals surface area contributed by atoms with Gasteiger partial charge in [-0.2, -0.15) is 0 Å². The van der Waals surface area contributed by atoms with Crippen molar-refractivity contribution in [3.8, 4) is 0 Å². The Bertz CT molecular complexity index is 414. The van der Waals surface area contributed by atoms with Crippen LogP contribution in [0.1, 0.15) is 43.3 Å². The molecule has 3 heterocycles. The van der Waals surface area contributed by atoms with Gasteiger partial charge in [-0.3, -0.25) is 0 Å². The molecule has 2 aliphatic heterocycles. The molecule has 2 atom stereocenters. The van der Waals surface area contributed by atoms with E-state index in [0.717, 1.165) is 51.3 Å². The first-order valence-corrected chi connectivity index (χ1v) is 7.15. The third-order valence-electron chi connectivity index (χ3n) is 4.43. The van der Waals surface area contributed by atoms with Crippen molar-refractivity contribution < 1.29 is 19.0 Å². The molecule has 2 unspecified atom stereocenters. The monoisotopic (exact) mass is 266 g/mol. The van der Waals surface area contributed by atoms with E-state index >= 15 is 0 Å². The maximum Gasteiger partial charge on any atom is 0.132 e. The maximum atomic E-state index is 10.5. The summed E-state index contributed by atoms with van der Waals surface area (Å²) in [5, 5.41) is 10.5. The predicted molar refractivity (Wildman–Crippen MR) is 69.9 cm³/mol. The smallest absolute Gasteiger partial charge is 0.132 e. The summed E-state index contributed by atoms with van der Waals surface area (Å²) >= 11 is 0. The van der Waals surface area contributed by atoms with Gasteiger partial charge in [0.15, 0.2) is 0 Å². The molecule has 1 N–H and O–H groups in total. The lowest BCUT2D eigenvalue weighted by Gasteiger charge is -2.44. The van der Waals surface area contributed by atoms with E-state index in [2.05, 4.69) is 0 Å². The lowest BCUT2D eigenvalue weighted by atomic mass is 9.78. The van der Waals surface area contributed by atoms with Crippen LogP contribution in [0.15, 0.2) is 16.5 Å². The van der Waals surface area contributed by atoms with E-state index < -0.39 is 6.10 Å². The molecule has 0 saturated carbocycles. The van der Waals surface area contributed by atoms with Crippen molar-refractivity contribution in [2.24, 2.45) is 5.92 Å². The van der Waals surface area contributed by atoms with Gasteiger partial charge in [0.25, 0.3) is 0 Å². The van der Waals surface area contributed by atoms with Gasteiger partial charge < -0.3 is 19.0 Å². The third-order valence-corrected chi connectivity index (χ3v) is 4.43. The zero-order valence-electron chi connectivity index (χ0n) is 11.4. The van der Waals surface area contributed by atoms with Crippen molar-refractivity contribution in [3.63, 3.8) is 0 Å². The average molecular weight is 266 g/mol. The fourth-order valence-corrected chi connectivity index (χ4v) is 3.27. The number of aryl methyl sites for hydroxylation is 1. The minimum atomic E-state index is -0.516. The zero-order chi connectivity index (χ0) is 13.3. The summed E-state index contributed by atoms with van der Waals surface area (Å²) in [6.07, 6.45) is 3.15. The van der Waals surface area contributed by atoms with Crippen molar-refractivity contribution in [1.29, 1.82) is 0 Å². The van der Waals surface area contributed by atoms with Crippen molar-refractivity contribution in [3.05, 3.63) is 23.7 Å². The minimum Gasteiger partial charge on any atom is -0.464 e. The van der Waals surface area contributed by atoms with Gasteiger partial charge in [0.2, 0.25) is 0 Å². The molecule has 2 aliphatic rings. The molecule has 4 nitrogen and oxygen atoms in total. The van der Waals surface area contributed by atoms with E-state index in [-0.39, 0.29) is 11.5 Å². The normalized spacial score (nSPS) is 28.4. The quantitative estimate of drug-likeness (QED) is 0.894. The molecule has 0 aromatic carbocycles. The second-order valence-electron chi connectivity index (χ2n) is 5.79. The first kappa shape index (κ1) is 13.2. The summed E-state index contributed by atoms with van der Waals surface area (Å²) in [7, 11) is 0. The van der Waals surface area contributed by atoms with Gasteiger partial charge in [-0.15, -0.1) is 0 Å². The second-order valence-corrected chi connectivity index (χ2v) is 5.79. The van der Waals surface area contributed by atoms with Gasteiger partial charge in [0.05, 0.1) is 5.60 Å². The lowest BCUT2D eigenvalue weighted by Crippen LogP contribution is -2.45. The molecule has 0 radical (unpaired) electrons. The van der Waals surface area contributed by atoms with Crippen LogP contribution in [0.3, 0.4) is 0 Å². The number of aliphatic hydroxyl groups is 1. The minimum absolute atomic E-state index is 0.0796. The van der Waals surface area contributed by atoms with Crippen LogP contribution in [0.2, 0.25) is 0 Å². The van der Waals surface area contributed by atoms with E-state index in [1.807, 2.05) is 19.1 Å². The van der Waals surface area contributed by atoms with Crippen molar-refractivity contribution in [2.75, 3.05) is 19.8 Å². The molecule has 0 bridgehead atoms. The van der Waals surface area contributed by atoms with Gasteiger partial charge in [-0.05, 0) is 50.7 Å². The van der Waals surface area contributed by atoms with Crippen molar-refractivity contribution in [2.45, 2.75) is 44.3 Å². The van der Waals surface area contributed by atoms with E-state index in [9.17, 15) is 5.11 Å². The van der Waals surface area contributed by atoms with Crippen LogP contribution in [0.25, 0.3) is 0 Å². The predicted octanol–water partition coefficient (Wildman–Crippen LogP) is 2.60. The molecule has 2 fully saturated rings. The maximum absolute atomic E-state index is 10.5.